The highest BCUT2D eigenvalue weighted by molar-refractivity contribution is 7.18. The number of aryl methyl sites for hydroxylation is 2. The summed E-state index contributed by atoms with van der Waals surface area (Å²) in [4.78, 5) is 19.9. The molecular formula is C26H24N2O3S. The Hall–Kier alpha value is -3.38. The third-order valence-electron chi connectivity index (χ3n) is 5.95. The van der Waals surface area contributed by atoms with E-state index >= 15 is 0 Å². The van der Waals surface area contributed by atoms with Crippen molar-refractivity contribution in [2.45, 2.75) is 33.4 Å². The van der Waals surface area contributed by atoms with Crippen LogP contribution in [0.25, 0.3) is 21.9 Å². The molecule has 2 aromatic carbocycles. The van der Waals surface area contributed by atoms with Gasteiger partial charge in [-0.25, -0.2) is 4.98 Å². The van der Waals surface area contributed by atoms with E-state index in [0.29, 0.717) is 24.7 Å². The van der Waals surface area contributed by atoms with Crippen LogP contribution in [0.4, 0.5) is 0 Å². The van der Waals surface area contributed by atoms with E-state index < -0.39 is 0 Å². The van der Waals surface area contributed by atoms with E-state index in [1.54, 1.807) is 18.4 Å². The van der Waals surface area contributed by atoms with Crippen molar-refractivity contribution in [2.75, 3.05) is 7.11 Å². The molecule has 2 aromatic heterocycles. The molecule has 0 amide bonds. The van der Waals surface area contributed by atoms with Crippen molar-refractivity contribution >= 4 is 33.2 Å². The van der Waals surface area contributed by atoms with Gasteiger partial charge in [0.2, 0.25) is 0 Å². The smallest absolute Gasteiger partial charge is 0.262 e. The second-order valence-corrected chi connectivity index (χ2v) is 9.16. The Bertz CT molecular complexity index is 1400. The fourth-order valence-electron chi connectivity index (χ4n) is 4.09. The summed E-state index contributed by atoms with van der Waals surface area (Å²) in [6.07, 6.45) is 2.88. The Balaban J connectivity index is 1.50. The summed E-state index contributed by atoms with van der Waals surface area (Å²) < 4.78 is 13.4. The Labute approximate surface area is 190 Å². The molecule has 1 aliphatic heterocycles. The molecule has 0 aliphatic carbocycles. The fourth-order valence-corrected chi connectivity index (χ4v) is 5.11. The predicted molar refractivity (Wildman–Crippen MR) is 130 cm³/mol. The van der Waals surface area contributed by atoms with Crippen molar-refractivity contribution in [3.63, 3.8) is 0 Å². The number of fused-ring (bicyclic) bond motifs is 2. The molecule has 0 saturated heterocycles. The molecule has 162 valence electrons. The summed E-state index contributed by atoms with van der Waals surface area (Å²) in [7, 11) is 1.64. The Morgan fingerprint density at radius 1 is 1.12 bits per heavy atom. The highest BCUT2D eigenvalue weighted by Gasteiger charge is 2.23. The average molecular weight is 445 g/mol. The number of hydrogen-bond donors (Lipinski definition) is 0. The molecule has 5 rings (SSSR count). The van der Waals surface area contributed by atoms with E-state index in [1.807, 2.05) is 66.9 Å². The zero-order chi connectivity index (χ0) is 22.2. The number of aromatic nitrogens is 2. The van der Waals surface area contributed by atoms with Gasteiger partial charge in [0.05, 0.1) is 12.5 Å². The Morgan fingerprint density at radius 2 is 1.94 bits per heavy atom. The molecule has 0 bridgehead atoms. The number of ether oxygens (including phenoxy) is 2. The lowest BCUT2D eigenvalue weighted by Gasteiger charge is -2.12. The van der Waals surface area contributed by atoms with Crippen LogP contribution in [0.1, 0.15) is 33.8 Å². The maximum Gasteiger partial charge on any atom is 0.262 e. The molecule has 0 atom stereocenters. The number of hydrogen-bond acceptors (Lipinski definition) is 5. The number of methoxy groups -OCH3 is 1. The third kappa shape index (κ3) is 3.60. The molecule has 5 nitrogen and oxygen atoms in total. The normalized spacial score (nSPS) is 14.2. The molecular weight excluding hydrogens is 420 g/mol. The SMILES string of the molecule is COc1ccc(/C=C2\CCn3c2nc2sc(C)c(C)c2c3=O)cc1OCc1ccccc1. The highest BCUT2D eigenvalue weighted by Crippen LogP contribution is 2.34. The van der Waals surface area contributed by atoms with Crippen LogP contribution in [0.15, 0.2) is 53.3 Å². The van der Waals surface area contributed by atoms with Gasteiger partial charge >= 0.3 is 0 Å². The molecule has 0 radical (unpaired) electrons. The second kappa shape index (κ2) is 8.28. The average Bonchev–Trinajstić information content (AvgIpc) is 3.34. The van der Waals surface area contributed by atoms with Gasteiger partial charge in [0, 0.05) is 11.4 Å². The van der Waals surface area contributed by atoms with Crippen molar-refractivity contribution in [1.29, 1.82) is 0 Å². The molecule has 4 aromatic rings. The summed E-state index contributed by atoms with van der Waals surface area (Å²) in [6, 6.07) is 15.9. The van der Waals surface area contributed by atoms with Crippen LogP contribution in [0.3, 0.4) is 0 Å². The van der Waals surface area contributed by atoms with Crippen molar-refractivity contribution in [1.82, 2.24) is 9.55 Å². The summed E-state index contributed by atoms with van der Waals surface area (Å²) in [6.45, 7) is 5.17. The first-order valence-electron chi connectivity index (χ1n) is 10.6. The van der Waals surface area contributed by atoms with Crippen molar-refractivity contribution in [3.8, 4) is 11.5 Å². The summed E-state index contributed by atoms with van der Waals surface area (Å²) in [5.74, 6) is 2.15. The van der Waals surface area contributed by atoms with E-state index in [4.69, 9.17) is 14.5 Å². The predicted octanol–water partition coefficient (Wildman–Crippen LogP) is 5.61. The van der Waals surface area contributed by atoms with Gasteiger partial charge in [0.25, 0.3) is 5.56 Å². The largest absolute Gasteiger partial charge is 0.493 e. The lowest BCUT2D eigenvalue weighted by Crippen LogP contribution is -2.20. The molecule has 1 aliphatic rings. The van der Waals surface area contributed by atoms with Gasteiger partial charge in [-0.2, -0.15) is 0 Å². The van der Waals surface area contributed by atoms with E-state index in [1.165, 1.54) is 0 Å². The standard InChI is InChI=1S/C26H24N2O3S/c1-16-17(2)32-25-23(16)26(29)28-12-11-20(24(28)27-25)13-19-9-10-21(30-3)22(14-19)31-15-18-7-5-4-6-8-18/h4-10,13-14H,11-12,15H2,1-3H3/b20-13+. The summed E-state index contributed by atoms with van der Waals surface area (Å²) in [5.41, 5.74) is 4.26. The lowest BCUT2D eigenvalue weighted by molar-refractivity contribution is 0.284. The number of allylic oxidation sites excluding steroid dienone is 1. The zero-order valence-electron chi connectivity index (χ0n) is 18.3. The molecule has 0 N–H and O–H groups in total. The Morgan fingerprint density at radius 3 is 2.72 bits per heavy atom. The maximum atomic E-state index is 13.1. The first-order valence-corrected chi connectivity index (χ1v) is 11.4. The number of thiophene rings is 1. The van der Waals surface area contributed by atoms with Gasteiger partial charge in [-0.05, 0) is 60.7 Å². The second-order valence-electron chi connectivity index (χ2n) is 7.96. The molecule has 0 unspecified atom stereocenters. The van der Waals surface area contributed by atoms with Crippen LogP contribution in [-0.2, 0) is 13.2 Å². The van der Waals surface area contributed by atoms with Crippen LogP contribution in [0.5, 0.6) is 11.5 Å². The van der Waals surface area contributed by atoms with E-state index in [0.717, 1.165) is 49.6 Å². The van der Waals surface area contributed by atoms with Gasteiger partial charge in [0.1, 0.15) is 17.3 Å². The fraction of sp³-hybridized carbons (Fsp3) is 0.231. The van der Waals surface area contributed by atoms with Crippen LogP contribution in [0.2, 0.25) is 0 Å². The van der Waals surface area contributed by atoms with Crippen molar-refractivity contribution in [2.24, 2.45) is 0 Å². The van der Waals surface area contributed by atoms with Crippen LogP contribution in [-0.4, -0.2) is 16.7 Å². The van der Waals surface area contributed by atoms with Crippen LogP contribution >= 0.6 is 11.3 Å². The maximum absolute atomic E-state index is 13.1. The van der Waals surface area contributed by atoms with Gasteiger partial charge in [-0.1, -0.05) is 36.4 Å². The van der Waals surface area contributed by atoms with Crippen molar-refractivity contribution < 1.29 is 9.47 Å². The van der Waals surface area contributed by atoms with Crippen LogP contribution in [0, 0.1) is 13.8 Å². The zero-order valence-corrected chi connectivity index (χ0v) is 19.2. The highest BCUT2D eigenvalue weighted by atomic mass is 32.1. The van der Waals surface area contributed by atoms with Gasteiger partial charge in [-0.3, -0.25) is 9.36 Å². The monoisotopic (exact) mass is 444 g/mol. The molecule has 0 saturated carbocycles. The minimum atomic E-state index is 0.0665. The lowest BCUT2D eigenvalue weighted by atomic mass is 10.1. The molecule has 3 heterocycles. The minimum absolute atomic E-state index is 0.0665. The molecule has 32 heavy (non-hydrogen) atoms. The number of rotatable bonds is 5. The van der Waals surface area contributed by atoms with Gasteiger partial charge in [0.15, 0.2) is 11.5 Å². The van der Waals surface area contributed by atoms with E-state index in [2.05, 4.69) is 6.08 Å². The van der Waals surface area contributed by atoms with Gasteiger partial charge in [-0.15, -0.1) is 11.3 Å². The quantitative estimate of drug-likeness (QED) is 0.402. The first kappa shape index (κ1) is 20.5. The topological polar surface area (TPSA) is 53.4 Å². The van der Waals surface area contributed by atoms with Crippen molar-refractivity contribution in [3.05, 3.63) is 86.3 Å². The molecule has 6 heteroatoms. The summed E-state index contributed by atoms with van der Waals surface area (Å²) in [5, 5.41) is 0.763. The molecule has 0 fully saturated rings. The van der Waals surface area contributed by atoms with Gasteiger partial charge < -0.3 is 9.47 Å². The number of nitrogens with zero attached hydrogens (tertiary/aromatic N) is 2. The minimum Gasteiger partial charge on any atom is -0.493 e. The number of benzene rings is 2. The van der Waals surface area contributed by atoms with E-state index in [-0.39, 0.29) is 5.56 Å². The summed E-state index contributed by atoms with van der Waals surface area (Å²) >= 11 is 1.59. The third-order valence-corrected chi connectivity index (χ3v) is 7.05. The Kier molecular flexibility index (Phi) is 5.31. The first-order chi connectivity index (χ1) is 15.5. The van der Waals surface area contributed by atoms with Crippen LogP contribution < -0.4 is 15.0 Å². The van der Waals surface area contributed by atoms with E-state index in [9.17, 15) is 4.79 Å². The molecule has 0 spiro atoms.